The second kappa shape index (κ2) is 5.66. The lowest BCUT2D eigenvalue weighted by Gasteiger charge is -2.06. The van der Waals surface area contributed by atoms with Crippen molar-refractivity contribution >= 4 is 34.8 Å². The van der Waals surface area contributed by atoms with Crippen LogP contribution >= 0.6 is 23.2 Å². The van der Waals surface area contributed by atoms with Gasteiger partial charge in [0.25, 0.3) is 0 Å². The summed E-state index contributed by atoms with van der Waals surface area (Å²) in [5, 5.41) is 3.73. The third-order valence-corrected chi connectivity index (χ3v) is 4.01. The molecule has 0 aromatic heterocycles. The lowest BCUT2D eigenvalue weighted by molar-refractivity contribution is -0.117. The molecule has 21 heavy (non-hydrogen) atoms. The second-order valence-corrected chi connectivity index (χ2v) is 5.99. The molecule has 0 saturated heterocycles. The Bertz CT molecular complexity index is 684. The van der Waals surface area contributed by atoms with Crippen LogP contribution in [-0.2, 0) is 4.79 Å². The fourth-order valence-electron chi connectivity index (χ4n) is 2.43. The maximum atomic E-state index is 13.5. The van der Waals surface area contributed by atoms with E-state index in [4.69, 9.17) is 23.2 Å². The Balaban J connectivity index is 1.70. The second-order valence-electron chi connectivity index (χ2n) is 5.12. The van der Waals surface area contributed by atoms with Gasteiger partial charge in [-0.3, -0.25) is 4.79 Å². The van der Waals surface area contributed by atoms with Gasteiger partial charge in [-0.1, -0.05) is 35.3 Å². The van der Waals surface area contributed by atoms with Crippen LogP contribution in [0.15, 0.2) is 42.5 Å². The van der Waals surface area contributed by atoms with E-state index in [-0.39, 0.29) is 23.4 Å². The molecule has 2 unspecified atom stereocenters. The van der Waals surface area contributed by atoms with Crippen LogP contribution in [-0.4, -0.2) is 5.91 Å². The first kappa shape index (κ1) is 14.4. The van der Waals surface area contributed by atoms with E-state index in [0.717, 1.165) is 12.0 Å². The highest BCUT2D eigenvalue weighted by Gasteiger charge is 2.44. The maximum Gasteiger partial charge on any atom is 0.228 e. The lowest BCUT2D eigenvalue weighted by atomic mass is 10.1. The summed E-state index contributed by atoms with van der Waals surface area (Å²) in [7, 11) is 0. The number of nitrogens with one attached hydrogen (secondary N) is 1. The van der Waals surface area contributed by atoms with Crippen LogP contribution in [0.25, 0.3) is 0 Å². The van der Waals surface area contributed by atoms with Crippen molar-refractivity contribution in [3.63, 3.8) is 0 Å². The molecule has 2 atom stereocenters. The molecule has 1 aliphatic carbocycles. The van der Waals surface area contributed by atoms with Gasteiger partial charge < -0.3 is 5.32 Å². The number of carbonyl (C=O) groups is 1. The first-order chi connectivity index (χ1) is 10.0. The van der Waals surface area contributed by atoms with Gasteiger partial charge in [-0.05, 0) is 48.2 Å². The number of benzene rings is 2. The Morgan fingerprint density at radius 2 is 1.81 bits per heavy atom. The van der Waals surface area contributed by atoms with Gasteiger partial charge in [0.15, 0.2) is 0 Å². The summed E-state index contributed by atoms with van der Waals surface area (Å²) < 4.78 is 13.5. The van der Waals surface area contributed by atoms with Gasteiger partial charge >= 0.3 is 0 Å². The minimum atomic E-state index is -0.436. The van der Waals surface area contributed by atoms with Crippen molar-refractivity contribution in [2.75, 3.05) is 5.32 Å². The monoisotopic (exact) mass is 323 g/mol. The van der Waals surface area contributed by atoms with E-state index in [1.165, 1.54) is 6.07 Å². The minimum absolute atomic E-state index is 0.0907. The third kappa shape index (κ3) is 3.20. The molecule has 0 aliphatic heterocycles. The molecule has 1 fully saturated rings. The van der Waals surface area contributed by atoms with E-state index in [2.05, 4.69) is 5.32 Å². The van der Waals surface area contributed by atoms with E-state index >= 15 is 0 Å². The molecule has 108 valence electrons. The van der Waals surface area contributed by atoms with E-state index in [9.17, 15) is 9.18 Å². The molecule has 5 heteroatoms. The Labute approximate surface area is 131 Å². The number of carbonyl (C=O) groups excluding carboxylic acids is 1. The van der Waals surface area contributed by atoms with Crippen molar-refractivity contribution in [3.05, 3.63) is 63.9 Å². The van der Waals surface area contributed by atoms with Gasteiger partial charge in [0.1, 0.15) is 5.82 Å². The number of hydrogen-bond donors (Lipinski definition) is 1. The summed E-state index contributed by atoms with van der Waals surface area (Å²) >= 11 is 11.9. The smallest absolute Gasteiger partial charge is 0.228 e. The molecule has 1 amide bonds. The highest BCUT2D eigenvalue weighted by atomic mass is 35.5. The molecular formula is C16H12Cl2FNO. The predicted octanol–water partition coefficient (Wildman–Crippen LogP) is 4.87. The molecule has 2 nitrogen and oxygen atoms in total. The lowest BCUT2D eigenvalue weighted by Crippen LogP contribution is -2.15. The first-order valence-electron chi connectivity index (χ1n) is 6.56. The quantitative estimate of drug-likeness (QED) is 0.857. The van der Waals surface area contributed by atoms with Crippen LogP contribution in [0.2, 0.25) is 10.0 Å². The maximum absolute atomic E-state index is 13.5. The van der Waals surface area contributed by atoms with Crippen molar-refractivity contribution in [3.8, 4) is 0 Å². The fraction of sp³-hybridized carbons (Fsp3) is 0.188. The van der Waals surface area contributed by atoms with E-state index < -0.39 is 5.82 Å². The molecule has 1 saturated carbocycles. The van der Waals surface area contributed by atoms with Crippen LogP contribution in [0.1, 0.15) is 17.9 Å². The molecule has 0 spiro atoms. The molecular weight excluding hydrogens is 312 g/mol. The van der Waals surface area contributed by atoms with Crippen LogP contribution in [0.4, 0.5) is 10.1 Å². The zero-order valence-electron chi connectivity index (χ0n) is 10.9. The zero-order valence-corrected chi connectivity index (χ0v) is 12.5. The van der Waals surface area contributed by atoms with Crippen LogP contribution < -0.4 is 5.32 Å². The van der Waals surface area contributed by atoms with Crippen molar-refractivity contribution < 1.29 is 9.18 Å². The van der Waals surface area contributed by atoms with Crippen LogP contribution in [0.3, 0.4) is 0 Å². The topological polar surface area (TPSA) is 29.1 Å². The number of amides is 1. The van der Waals surface area contributed by atoms with Crippen molar-refractivity contribution in [2.45, 2.75) is 12.3 Å². The van der Waals surface area contributed by atoms with E-state index in [1.54, 1.807) is 24.3 Å². The number of halogens is 3. The summed E-state index contributed by atoms with van der Waals surface area (Å²) in [4.78, 5) is 12.1. The fourth-order valence-corrected chi connectivity index (χ4v) is 2.97. The Kier molecular flexibility index (Phi) is 3.87. The first-order valence-corrected chi connectivity index (χ1v) is 7.31. The molecule has 0 heterocycles. The van der Waals surface area contributed by atoms with Crippen molar-refractivity contribution in [2.24, 2.45) is 5.92 Å². The summed E-state index contributed by atoms with van der Waals surface area (Å²) in [6.45, 7) is 0. The molecule has 0 bridgehead atoms. The van der Waals surface area contributed by atoms with Gasteiger partial charge in [0.2, 0.25) is 5.91 Å². The van der Waals surface area contributed by atoms with Gasteiger partial charge in [0, 0.05) is 16.0 Å². The van der Waals surface area contributed by atoms with E-state index in [1.807, 2.05) is 12.1 Å². The third-order valence-electron chi connectivity index (χ3n) is 3.57. The number of hydrogen-bond acceptors (Lipinski definition) is 1. The van der Waals surface area contributed by atoms with Crippen molar-refractivity contribution in [1.82, 2.24) is 0 Å². The Hall–Kier alpha value is -1.58. The summed E-state index contributed by atoms with van der Waals surface area (Å²) in [6.07, 6.45) is 0.719. The van der Waals surface area contributed by atoms with Gasteiger partial charge in [-0.2, -0.15) is 0 Å². The Morgan fingerprint density at radius 1 is 1.14 bits per heavy atom. The molecule has 3 rings (SSSR count). The SMILES string of the molecule is O=C(Nc1ccccc1F)C1CC1c1cc(Cl)cc(Cl)c1. The number of para-hydroxylation sites is 1. The summed E-state index contributed by atoms with van der Waals surface area (Å²) in [5.41, 5.74) is 1.15. The van der Waals surface area contributed by atoms with Gasteiger partial charge in [-0.25, -0.2) is 4.39 Å². The standard InChI is InChI=1S/C16H12Cl2FNO/c17-10-5-9(6-11(18)7-10)12-8-13(12)16(21)20-15-4-2-1-3-14(15)19/h1-7,12-13H,8H2,(H,20,21). The average molecular weight is 324 g/mol. The molecule has 0 radical (unpaired) electrons. The Morgan fingerprint density at radius 3 is 2.48 bits per heavy atom. The zero-order chi connectivity index (χ0) is 15.0. The summed E-state index contributed by atoms with van der Waals surface area (Å²) in [5.74, 6) is -0.692. The highest BCUT2D eigenvalue weighted by Crippen LogP contribution is 2.49. The number of rotatable bonds is 3. The van der Waals surface area contributed by atoms with Gasteiger partial charge in [0.05, 0.1) is 5.69 Å². The average Bonchev–Trinajstić information content (AvgIpc) is 3.20. The largest absolute Gasteiger partial charge is 0.323 e. The summed E-state index contributed by atoms with van der Waals surface area (Å²) in [6, 6.07) is 11.4. The van der Waals surface area contributed by atoms with E-state index in [0.29, 0.717) is 10.0 Å². The van der Waals surface area contributed by atoms with Crippen LogP contribution in [0.5, 0.6) is 0 Å². The van der Waals surface area contributed by atoms with Crippen LogP contribution in [0, 0.1) is 11.7 Å². The van der Waals surface area contributed by atoms with Gasteiger partial charge in [-0.15, -0.1) is 0 Å². The normalized spacial score (nSPS) is 20.1. The molecule has 2 aromatic rings. The highest BCUT2D eigenvalue weighted by molar-refractivity contribution is 6.34. The minimum Gasteiger partial charge on any atom is -0.323 e. The molecule has 2 aromatic carbocycles. The van der Waals surface area contributed by atoms with Crippen molar-refractivity contribution in [1.29, 1.82) is 0 Å². The molecule has 1 N–H and O–H groups in total. The number of anilines is 1. The predicted molar refractivity (Wildman–Crippen MR) is 82.3 cm³/mol. The molecule has 1 aliphatic rings.